The van der Waals surface area contributed by atoms with Crippen molar-refractivity contribution in [2.75, 3.05) is 19.7 Å². The van der Waals surface area contributed by atoms with Crippen LogP contribution in [0.4, 0.5) is 0 Å². The highest BCUT2D eigenvalue weighted by Gasteiger charge is 2.20. The Labute approximate surface area is 139 Å². The van der Waals surface area contributed by atoms with Gasteiger partial charge < -0.3 is 14.3 Å². The maximum atomic E-state index is 12.3. The summed E-state index contributed by atoms with van der Waals surface area (Å²) < 4.78 is 10.6. The molecule has 0 aliphatic carbocycles. The summed E-state index contributed by atoms with van der Waals surface area (Å²) in [6.45, 7) is 4.25. The molecule has 1 aromatic carbocycles. The first-order valence-corrected chi connectivity index (χ1v) is 8.28. The molecular formula is C18H21NO5. The standard InChI is InChI=1S/C18H21NO5/c1-2-23-18(22)16-10-15(21)12-6-7-14(20)13(17(12)24-16)11-19-8-4-3-5-9-19/h6-7,10,20H,2-5,8-9,11H2,1H3. The zero-order valence-corrected chi connectivity index (χ0v) is 13.7. The van der Waals surface area contributed by atoms with Crippen LogP contribution in [0.3, 0.4) is 0 Å². The first kappa shape index (κ1) is 16.5. The number of phenolic OH excluding ortho intramolecular Hbond substituents is 1. The van der Waals surface area contributed by atoms with Crippen molar-refractivity contribution in [2.24, 2.45) is 0 Å². The van der Waals surface area contributed by atoms with Crippen LogP contribution in [0.1, 0.15) is 42.3 Å². The molecule has 1 saturated heterocycles. The molecular weight excluding hydrogens is 310 g/mol. The fraction of sp³-hybridized carbons (Fsp3) is 0.444. The van der Waals surface area contributed by atoms with Crippen molar-refractivity contribution in [3.05, 3.63) is 39.7 Å². The van der Waals surface area contributed by atoms with Crippen molar-refractivity contribution in [1.29, 1.82) is 0 Å². The number of carbonyl (C=O) groups is 1. The lowest BCUT2D eigenvalue weighted by Crippen LogP contribution is -2.29. The number of benzene rings is 1. The van der Waals surface area contributed by atoms with E-state index >= 15 is 0 Å². The minimum atomic E-state index is -0.677. The van der Waals surface area contributed by atoms with Crippen molar-refractivity contribution in [1.82, 2.24) is 4.90 Å². The average molecular weight is 331 g/mol. The number of fused-ring (bicyclic) bond motifs is 1. The normalized spacial score (nSPS) is 15.5. The fourth-order valence-corrected chi connectivity index (χ4v) is 3.06. The number of ether oxygens (including phenoxy) is 1. The first-order chi connectivity index (χ1) is 11.6. The second-order valence-electron chi connectivity index (χ2n) is 5.97. The maximum absolute atomic E-state index is 12.3. The van der Waals surface area contributed by atoms with Gasteiger partial charge in [0.25, 0.3) is 0 Å². The fourth-order valence-electron chi connectivity index (χ4n) is 3.06. The molecule has 0 bridgehead atoms. The predicted molar refractivity (Wildman–Crippen MR) is 89.2 cm³/mol. The van der Waals surface area contributed by atoms with E-state index in [9.17, 15) is 14.7 Å². The zero-order valence-electron chi connectivity index (χ0n) is 13.7. The van der Waals surface area contributed by atoms with Gasteiger partial charge in [0.15, 0.2) is 5.43 Å². The van der Waals surface area contributed by atoms with E-state index in [1.54, 1.807) is 6.92 Å². The molecule has 1 aromatic heterocycles. The van der Waals surface area contributed by atoms with Gasteiger partial charge in [0.1, 0.15) is 11.3 Å². The van der Waals surface area contributed by atoms with Gasteiger partial charge in [-0.3, -0.25) is 9.69 Å². The van der Waals surface area contributed by atoms with Crippen LogP contribution in [0.2, 0.25) is 0 Å². The third kappa shape index (κ3) is 3.28. The number of carbonyl (C=O) groups excluding carboxylic acids is 1. The quantitative estimate of drug-likeness (QED) is 0.868. The Hall–Kier alpha value is -2.34. The van der Waals surface area contributed by atoms with Gasteiger partial charge in [-0.2, -0.15) is 0 Å². The molecule has 6 nitrogen and oxygen atoms in total. The van der Waals surface area contributed by atoms with Crippen molar-refractivity contribution in [3.63, 3.8) is 0 Å². The van der Waals surface area contributed by atoms with E-state index in [1.165, 1.54) is 18.6 Å². The van der Waals surface area contributed by atoms with Crippen LogP contribution < -0.4 is 5.43 Å². The van der Waals surface area contributed by atoms with E-state index in [0.29, 0.717) is 17.5 Å². The minimum absolute atomic E-state index is 0.0669. The van der Waals surface area contributed by atoms with Gasteiger partial charge in [-0.15, -0.1) is 0 Å². The number of aromatic hydroxyl groups is 1. The number of rotatable bonds is 4. The Kier molecular flexibility index (Phi) is 4.85. The molecule has 1 N–H and O–H groups in total. The van der Waals surface area contributed by atoms with Gasteiger partial charge in [0, 0.05) is 12.6 Å². The lowest BCUT2D eigenvalue weighted by Gasteiger charge is -2.26. The summed E-state index contributed by atoms with van der Waals surface area (Å²) in [5.74, 6) is -0.749. The number of esters is 1. The van der Waals surface area contributed by atoms with Crippen LogP contribution in [-0.2, 0) is 11.3 Å². The maximum Gasteiger partial charge on any atom is 0.374 e. The molecule has 0 amide bonds. The third-order valence-corrected chi connectivity index (χ3v) is 4.28. The van der Waals surface area contributed by atoms with Crippen LogP contribution >= 0.6 is 0 Å². The number of phenols is 1. The molecule has 1 fully saturated rings. The van der Waals surface area contributed by atoms with Crippen molar-refractivity contribution >= 4 is 16.9 Å². The molecule has 2 aromatic rings. The highest BCUT2D eigenvalue weighted by atomic mass is 16.5. The average Bonchev–Trinajstić information content (AvgIpc) is 2.58. The largest absolute Gasteiger partial charge is 0.507 e. The third-order valence-electron chi connectivity index (χ3n) is 4.28. The summed E-state index contributed by atoms with van der Waals surface area (Å²) >= 11 is 0. The van der Waals surface area contributed by atoms with Gasteiger partial charge in [-0.1, -0.05) is 6.42 Å². The number of hydrogen-bond acceptors (Lipinski definition) is 6. The van der Waals surface area contributed by atoms with Crippen molar-refractivity contribution in [2.45, 2.75) is 32.7 Å². The molecule has 2 heterocycles. The van der Waals surface area contributed by atoms with Gasteiger partial charge >= 0.3 is 5.97 Å². The van der Waals surface area contributed by atoms with Crippen molar-refractivity contribution < 1.29 is 19.1 Å². The SMILES string of the molecule is CCOC(=O)c1cc(=O)c2ccc(O)c(CN3CCCCC3)c2o1. The minimum Gasteiger partial charge on any atom is -0.507 e. The van der Waals surface area contributed by atoms with Crippen LogP contribution in [0.15, 0.2) is 27.4 Å². The number of hydrogen-bond donors (Lipinski definition) is 1. The zero-order chi connectivity index (χ0) is 17.1. The monoisotopic (exact) mass is 331 g/mol. The summed E-state index contributed by atoms with van der Waals surface area (Å²) in [6, 6.07) is 4.16. The van der Waals surface area contributed by atoms with E-state index in [2.05, 4.69) is 4.90 Å². The van der Waals surface area contributed by atoms with Crippen LogP contribution in [0, 0.1) is 0 Å². The highest BCUT2D eigenvalue weighted by Crippen LogP contribution is 2.28. The van der Waals surface area contributed by atoms with E-state index < -0.39 is 5.97 Å². The molecule has 3 rings (SSSR count). The molecule has 1 aliphatic rings. The summed E-state index contributed by atoms with van der Waals surface area (Å²) in [5, 5.41) is 10.6. The van der Waals surface area contributed by atoms with Gasteiger partial charge in [0.2, 0.25) is 5.76 Å². The Morgan fingerprint density at radius 1 is 1.29 bits per heavy atom. The van der Waals surface area contributed by atoms with Crippen LogP contribution in [0.25, 0.3) is 11.0 Å². The molecule has 0 atom stereocenters. The lowest BCUT2D eigenvalue weighted by atomic mass is 10.1. The van der Waals surface area contributed by atoms with Gasteiger partial charge in [-0.25, -0.2) is 4.79 Å². The molecule has 0 unspecified atom stereocenters. The number of piperidine rings is 1. The van der Waals surface area contributed by atoms with Gasteiger partial charge in [-0.05, 0) is 45.0 Å². The highest BCUT2D eigenvalue weighted by molar-refractivity contribution is 5.90. The van der Waals surface area contributed by atoms with Crippen molar-refractivity contribution in [3.8, 4) is 5.75 Å². The van der Waals surface area contributed by atoms with E-state index in [-0.39, 0.29) is 29.1 Å². The molecule has 24 heavy (non-hydrogen) atoms. The Morgan fingerprint density at radius 2 is 2.04 bits per heavy atom. The molecule has 0 spiro atoms. The Bertz CT molecular complexity index is 805. The summed E-state index contributed by atoms with van der Waals surface area (Å²) in [7, 11) is 0. The number of nitrogens with zero attached hydrogens (tertiary/aromatic N) is 1. The molecule has 0 saturated carbocycles. The van der Waals surface area contributed by atoms with Gasteiger partial charge in [0.05, 0.1) is 17.6 Å². The smallest absolute Gasteiger partial charge is 0.374 e. The number of likely N-dealkylation sites (tertiary alicyclic amines) is 1. The topological polar surface area (TPSA) is 80.0 Å². The molecule has 0 radical (unpaired) electrons. The first-order valence-electron chi connectivity index (χ1n) is 8.28. The molecule has 128 valence electrons. The van der Waals surface area contributed by atoms with E-state index in [0.717, 1.165) is 32.0 Å². The van der Waals surface area contributed by atoms with E-state index in [4.69, 9.17) is 9.15 Å². The van der Waals surface area contributed by atoms with Crippen LogP contribution in [0.5, 0.6) is 5.75 Å². The van der Waals surface area contributed by atoms with E-state index in [1.807, 2.05) is 0 Å². The Morgan fingerprint density at radius 3 is 2.75 bits per heavy atom. The second-order valence-corrected chi connectivity index (χ2v) is 5.97. The molecule has 1 aliphatic heterocycles. The summed E-state index contributed by atoms with van der Waals surface area (Å²) in [4.78, 5) is 26.4. The summed E-state index contributed by atoms with van der Waals surface area (Å²) in [6.07, 6.45) is 3.44. The molecule has 6 heteroatoms. The summed E-state index contributed by atoms with van der Waals surface area (Å²) in [5.41, 5.74) is 0.480. The Balaban J connectivity index is 2.07. The second kappa shape index (κ2) is 7.05. The van der Waals surface area contributed by atoms with Crippen LogP contribution in [-0.4, -0.2) is 35.7 Å². The predicted octanol–water partition coefficient (Wildman–Crippen LogP) is 2.66. The lowest BCUT2D eigenvalue weighted by molar-refractivity contribution is 0.0490.